The molecule has 0 saturated carbocycles. The predicted octanol–water partition coefficient (Wildman–Crippen LogP) is 3.39. The summed E-state index contributed by atoms with van der Waals surface area (Å²) in [7, 11) is 0. The maximum Gasteiger partial charge on any atom is 0.416 e. The van der Waals surface area contributed by atoms with Crippen molar-refractivity contribution in [1.82, 2.24) is 10.3 Å². The second kappa shape index (κ2) is 7.12. The van der Waals surface area contributed by atoms with Gasteiger partial charge in [0, 0.05) is 23.1 Å². The monoisotopic (exact) mass is 379 g/mol. The number of rotatable bonds is 4. The van der Waals surface area contributed by atoms with Gasteiger partial charge in [-0.2, -0.15) is 17.9 Å². The molecule has 3 rings (SSSR count). The second-order valence-electron chi connectivity index (χ2n) is 5.31. The number of amides is 1. The van der Waals surface area contributed by atoms with E-state index in [0.717, 1.165) is 12.1 Å². The summed E-state index contributed by atoms with van der Waals surface area (Å²) < 4.78 is 38.2. The van der Waals surface area contributed by atoms with E-state index in [-0.39, 0.29) is 12.2 Å². The summed E-state index contributed by atoms with van der Waals surface area (Å²) in [5.41, 5.74) is 0.345. The number of nitrogens with one attached hydrogen (secondary N) is 1. The van der Waals surface area contributed by atoms with Gasteiger partial charge in [-0.3, -0.25) is 4.79 Å². The molecule has 9 heteroatoms. The predicted molar refractivity (Wildman–Crippen MR) is 89.1 cm³/mol. The molecule has 1 aromatic carbocycles. The molecule has 0 aliphatic carbocycles. The normalized spacial score (nSPS) is 11.3. The summed E-state index contributed by atoms with van der Waals surface area (Å²) in [6.45, 7) is 0.102. The first-order chi connectivity index (χ1) is 12.3. The van der Waals surface area contributed by atoms with Crippen molar-refractivity contribution in [3.8, 4) is 10.6 Å². The van der Waals surface area contributed by atoms with Gasteiger partial charge in [-0.15, -0.1) is 11.3 Å². The summed E-state index contributed by atoms with van der Waals surface area (Å²) in [5.74, 6) is -0.537. The van der Waals surface area contributed by atoms with Gasteiger partial charge in [0.25, 0.3) is 5.69 Å². The van der Waals surface area contributed by atoms with Gasteiger partial charge in [0.2, 0.25) is 0 Å². The number of thiazole rings is 1. The van der Waals surface area contributed by atoms with Gasteiger partial charge in [0.1, 0.15) is 5.01 Å². The molecule has 2 heterocycles. The molecule has 1 N–H and O–H groups in total. The Bertz CT molecular complexity index is 924. The molecular formula is C17H12F3N3O2S. The number of hydrogen-bond acceptors (Lipinski definition) is 4. The molecule has 5 nitrogen and oxygen atoms in total. The lowest BCUT2D eigenvalue weighted by Crippen LogP contribution is -2.38. The first kappa shape index (κ1) is 17.9. The van der Waals surface area contributed by atoms with Crippen molar-refractivity contribution in [2.24, 2.45) is 0 Å². The zero-order valence-corrected chi connectivity index (χ0v) is 14.0. The molecule has 0 aliphatic rings. The molecule has 2 aromatic heterocycles. The standard InChI is InChI=1S/C17H12F3N3O2S/c18-17(19,20)12-6-4-11(5-7-12)16-22-13(10-26-16)9-21-15(24)14-3-1-2-8-23(14)25/h1-8,10H,9H2,(H,21,24). The lowest BCUT2D eigenvalue weighted by molar-refractivity contribution is -0.607. The van der Waals surface area contributed by atoms with Crippen LogP contribution in [0.4, 0.5) is 13.2 Å². The van der Waals surface area contributed by atoms with Crippen LogP contribution in [0.2, 0.25) is 0 Å². The minimum absolute atomic E-state index is 0.0364. The lowest BCUT2D eigenvalue weighted by Gasteiger charge is -2.06. The minimum Gasteiger partial charge on any atom is -0.618 e. The Hall–Kier alpha value is -2.94. The number of carbonyl (C=O) groups excluding carboxylic acids is 1. The lowest BCUT2D eigenvalue weighted by atomic mass is 10.1. The maximum absolute atomic E-state index is 12.6. The molecule has 0 fully saturated rings. The number of carbonyl (C=O) groups is 1. The average Bonchev–Trinajstić information content (AvgIpc) is 3.08. The number of aromatic nitrogens is 2. The van der Waals surface area contributed by atoms with Gasteiger partial charge < -0.3 is 10.5 Å². The van der Waals surface area contributed by atoms with E-state index in [2.05, 4.69) is 10.3 Å². The van der Waals surface area contributed by atoms with Crippen LogP contribution >= 0.6 is 11.3 Å². The Morgan fingerprint density at radius 3 is 2.58 bits per heavy atom. The SMILES string of the molecule is O=C(NCc1csc(-c2ccc(C(F)(F)F)cc2)n1)c1cccc[n+]1[O-]. The van der Waals surface area contributed by atoms with Crippen LogP contribution in [0.3, 0.4) is 0 Å². The first-order valence-corrected chi connectivity index (χ1v) is 8.31. The summed E-state index contributed by atoms with van der Waals surface area (Å²) >= 11 is 1.26. The van der Waals surface area contributed by atoms with Crippen molar-refractivity contribution >= 4 is 17.2 Å². The quantitative estimate of drug-likeness (QED) is 0.558. The van der Waals surface area contributed by atoms with E-state index in [9.17, 15) is 23.2 Å². The second-order valence-corrected chi connectivity index (χ2v) is 6.17. The molecule has 3 aromatic rings. The molecule has 26 heavy (non-hydrogen) atoms. The third kappa shape index (κ3) is 3.99. The van der Waals surface area contributed by atoms with E-state index in [1.54, 1.807) is 11.4 Å². The van der Waals surface area contributed by atoms with Crippen molar-refractivity contribution in [2.45, 2.75) is 12.7 Å². The third-order valence-electron chi connectivity index (χ3n) is 3.50. The van der Waals surface area contributed by atoms with Crippen LogP contribution in [0.25, 0.3) is 10.6 Å². The summed E-state index contributed by atoms with van der Waals surface area (Å²) in [6.07, 6.45) is -3.16. The molecule has 1 amide bonds. The largest absolute Gasteiger partial charge is 0.618 e. The third-order valence-corrected chi connectivity index (χ3v) is 4.44. The van der Waals surface area contributed by atoms with Gasteiger partial charge in [-0.25, -0.2) is 4.98 Å². The van der Waals surface area contributed by atoms with Crippen LogP contribution in [-0.2, 0) is 12.7 Å². The fourth-order valence-corrected chi connectivity index (χ4v) is 3.01. The van der Waals surface area contributed by atoms with E-state index in [0.29, 0.717) is 21.0 Å². The highest BCUT2D eigenvalue weighted by Crippen LogP contribution is 2.31. The molecule has 134 valence electrons. The van der Waals surface area contributed by atoms with Crippen LogP contribution in [0.1, 0.15) is 21.7 Å². The van der Waals surface area contributed by atoms with Gasteiger partial charge in [0.05, 0.1) is 17.8 Å². The van der Waals surface area contributed by atoms with E-state index in [4.69, 9.17) is 0 Å². The van der Waals surface area contributed by atoms with Crippen molar-refractivity contribution in [3.63, 3.8) is 0 Å². The van der Waals surface area contributed by atoms with Crippen LogP contribution < -0.4 is 10.0 Å². The number of nitrogens with zero attached hydrogens (tertiary/aromatic N) is 2. The van der Waals surface area contributed by atoms with Gasteiger partial charge in [0.15, 0.2) is 6.20 Å². The Morgan fingerprint density at radius 1 is 1.19 bits per heavy atom. The fraction of sp³-hybridized carbons (Fsp3) is 0.118. The molecule has 0 bridgehead atoms. The van der Waals surface area contributed by atoms with Crippen LogP contribution in [0.5, 0.6) is 0 Å². The number of benzene rings is 1. The van der Waals surface area contributed by atoms with E-state index < -0.39 is 17.6 Å². The summed E-state index contributed by atoms with van der Waals surface area (Å²) in [4.78, 5) is 16.3. The zero-order valence-electron chi connectivity index (χ0n) is 13.2. The van der Waals surface area contributed by atoms with E-state index in [1.807, 2.05) is 0 Å². The van der Waals surface area contributed by atoms with Crippen molar-refractivity contribution in [3.05, 3.63) is 76.2 Å². The zero-order chi connectivity index (χ0) is 18.7. The summed E-state index contributed by atoms with van der Waals surface area (Å²) in [5, 5.41) is 16.3. The highest BCUT2D eigenvalue weighted by atomic mass is 32.1. The number of pyridine rings is 1. The smallest absolute Gasteiger partial charge is 0.416 e. The number of halogens is 3. The molecular weight excluding hydrogens is 367 g/mol. The number of alkyl halides is 3. The van der Waals surface area contributed by atoms with Crippen LogP contribution in [0, 0.1) is 5.21 Å². The Balaban J connectivity index is 1.67. The fourth-order valence-electron chi connectivity index (χ4n) is 2.19. The maximum atomic E-state index is 12.6. The molecule has 0 aliphatic heterocycles. The number of hydrogen-bond donors (Lipinski definition) is 1. The molecule has 0 saturated heterocycles. The van der Waals surface area contributed by atoms with Crippen LogP contribution in [-0.4, -0.2) is 10.9 Å². The van der Waals surface area contributed by atoms with Gasteiger partial charge in [-0.1, -0.05) is 12.1 Å². The highest BCUT2D eigenvalue weighted by molar-refractivity contribution is 7.13. The van der Waals surface area contributed by atoms with E-state index >= 15 is 0 Å². The van der Waals surface area contributed by atoms with Crippen LogP contribution in [0.15, 0.2) is 54.0 Å². The van der Waals surface area contributed by atoms with Crippen molar-refractivity contribution in [2.75, 3.05) is 0 Å². The van der Waals surface area contributed by atoms with Crippen molar-refractivity contribution < 1.29 is 22.7 Å². The Labute approximate surface area is 150 Å². The van der Waals surface area contributed by atoms with Crippen molar-refractivity contribution in [1.29, 1.82) is 0 Å². The molecule has 0 unspecified atom stereocenters. The topological polar surface area (TPSA) is 68.9 Å². The first-order valence-electron chi connectivity index (χ1n) is 7.43. The molecule has 0 spiro atoms. The molecule has 0 radical (unpaired) electrons. The minimum atomic E-state index is -4.38. The Kier molecular flexibility index (Phi) is 4.90. The summed E-state index contributed by atoms with van der Waals surface area (Å²) in [6, 6.07) is 9.20. The average molecular weight is 379 g/mol. The Morgan fingerprint density at radius 2 is 1.92 bits per heavy atom. The molecule has 0 atom stereocenters. The van der Waals surface area contributed by atoms with Gasteiger partial charge in [-0.05, 0) is 18.2 Å². The highest BCUT2D eigenvalue weighted by Gasteiger charge is 2.30. The van der Waals surface area contributed by atoms with E-state index in [1.165, 1.54) is 41.8 Å². The van der Waals surface area contributed by atoms with Gasteiger partial charge >= 0.3 is 12.1 Å².